The highest BCUT2D eigenvalue weighted by atomic mass is 32.2. The van der Waals surface area contributed by atoms with Crippen molar-refractivity contribution >= 4 is 21.6 Å². The number of aryl methyl sites for hydroxylation is 4. The number of nitrogens with one attached hydrogen (secondary N) is 1. The van der Waals surface area contributed by atoms with Crippen molar-refractivity contribution in [3.05, 3.63) is 64.2 Å². The molecule has 0 aliphatic heterocycles. The molecule has 0 heterocycles. The molecular formula is C22H30N2O3S. The molecule has 0 radical (unpaired) electrons. The van der Waals surface area contributed by atoms with Crippen LogP contribution in [0.2, 0.25) is 0 Å². The molecule has 2 aromatic carbocycles. The lowest BCUT2D eigenvalue weighted by molar-refractivity contribution is -0.122. The van der Waals surface area contributed by atoms with Crippen molar-refractivity contribution in [2.24, 2.45) is 0 Å². The van der Waals surface area contributed by atoms with E-state index in [1.807, 2.05) is 65.0 Å². The van der Waals surface area contributed by atoms with Crippen molar-refractivity contribution in [3.8, 4) is 0 Å². The fourth-order valence-electron chi connectivity index (χ4n) is 3.19. The molecule has 0 unspecified atom stereocenters. The van der Waals surface area contributed by atoms with Crippen LogP contribution in [0.1, 0.15) is 47.7 Å². The van der Waals surface area contributed by atoms with Crippen molar-refractivity contribution < 1.29 is 13.2 Å². The molecule has 6 heteroatoms. The highest BCUT2D eigenvalue weighted by molar-refractivity contribution is 7.92. The summed E-state index contributed by atoms with van der Waals surface area (Å²) in [6.07, 6.45) is 1.13. The van der Waals surface area contributed by atoms with Crippen LogP contribution in [0, 0.1) is 27.7 Å². The predicted octanol–water partition coefficient (Wildman–Crippen LogP) is 3.95. The Hall–Kier alpha value is -2.34. The van der Waals surface area contributed by atoms with Crippen molar-refractivity contribution in [2.75, 3.05) is 10.6 Å². The first kappa shape index (κ1) is 22.0. The van der Waals surface area contributed by atoms with Crippen LogP contribution < -0.4 is 9.62 Å². The molecular weight excluding hydrogens is 372 g/mol. The Kier molecular flexibility index (Phi) is 6.55. The number of nitrogens with zero attached hydrogens (tertiary/aromatic N) is 1. The molecule has 0 aliphatic rings. The maximum atomic E-state index is 12.9. The van der Waals surface area contributed by atoms with Crippen LogP contribution in [0.5, 0.6) is 0 Å². The van der Waals surface area contributed by atoms with E-state index in [2.05, 4.69) is 5.32 Å². The smallest absolute Gasteiger partial charge is 0.244 e. The molecule has 5 nitrogen and oxygen atoms in total. The van der Waals surface area contributed by atoms with E-state index in [1.54, 1.807) is 13.0 Å². The molecule has 1 N–H and O–H groups in total. The molecule has 0 aliphatic carbocycles. The number of hydrogen-bond donors (Lipinski definition) is 1. The standard InChI is InChI=1S/C22H30N2O3S/c1-14-8-9-16(3)21(12-14)24(28(7,26)27)19(6)22(25)23-18(5)20-11-10-15(2)17(4)13-20/h8-13,18-19H,1-7H3,(H,23,25)/t18-,19+/m1/s1. The van der Waals surface area contributed by atoms with E-state index in [0.29, 0.717) is 5.69 Å². The molecule has 0 saturated heterocycles. The zero-order valence-corrected chi connectivity index (χ0v) is 18.5. The Morgan fingerprint density at radius 3 is 2.11 bits per heavy atom. The Balaban J connectivity index is 2.31. The van der Waals surface area contributed by atoms with Gasteiger partial charge in [0.25, 0.3) is 0 Å². The number of hydrogen-bond acceptors (Lipinski definition) is 3. The second-order valence-electron chi connectivity index (χ2n) is 7.60. The number of rotatable bonds is 6. The zero-order chi connectivity index (χ0) is 21.2. The number of benzene rings is 2. The number of carbonyl (C=O) groups excluding carboxylic acids is 1. The van der Waals surface area contributed by atoms with Gasteiger partial charge in [-0.2, -0.15) is 0 Å². The second kappa shape index (κ2) is 8.35. The third-order valence-electron chi connectivity index (χ3n) is 5.08. The van der Waals surface area contributed by atoms with Gasteiger partial charge in [-0.1, -0.05) is 30.3 Å². The largest absolute Gasteiger partial charge is 0.348 e. The van der Waals surface area contributed by atoms with Crippen LogP contribution in [-0.4, -0.2) is 26.6 Å². The van der Waals surface area contributed by atoms with Gasteiger partial charge in [0.1, 0.15) is 6.04 Å². The Labute approximate surface area is 168 Å². The number of sulfonamides is 1. The van der Waals surface area contributed by atoms with Crippen molar-refractivity contribution in [2.45, 2.75) is 53.6 Å². The molecule has 2 aromatic rings. The van der Waals surface area contributed by atoms with E-state index in [0.717, 1.165) is 28.5 Å². The van der Waals surface area contributed by atoms with Gasteiger partial charge in [0, 0.05) is 0 Å². The zero-order valence-electron chi connectivity index (χ0n) is 17.7. The molecule has 2 atom stereocenters. The summed E-state index contributed by atoms with van der Waals surface area (Å²) in [6, 6.07) is 10.5. The van der Waals surface area contributed by atoms with Gasteiger partial charge in [-0.25, -0.2) is 8.42 Å². The van der Waals surface area contributed by atoms with Gasteiger partial charge >= 0.3 is 0 Å². The van der Waals surface area contributed by atoms with Gasteiger partial charge < -0.3 is 5.32 Å². The first-order chi connectivity index (χ1) is 12.9. The molecule has 0 bridgehead atoms. The lowest BCUT2D eigenvalue weighted by Gasteiger charge is -2.30. The average molecular weight is 403 g/mol. The molecule has 1 amide bonds. The molecule has 0 saturated carbocycles. The van der Waals surface area contributed by atoms with E-state index < -0.39 is 16.1 Å². The number of carbonyl (C=O) groups is 1. The van der Waals surface area contributed by atoms with E-state index in [-0.39, 0.29) is 11.9 Å². The van der Waals surface area contributed by atoms with Crippen LogP contribution in [0.3, 0.4) is 0 Å². The van der Waals surface area contributed by atoms with Crippen LogP contribution >= 0.6 is 0 Å². The summed E-state index contributed by atoms with van der Waals surface area (Å²) in [4.78, 5) is 12.9. The highest BCUT2D eigenvalue weighted by Crippen LogP contribution is 2.27. The SMILES string of the molecule is Cc1ccc(C)c(N([C@@H](C)C(=O)N[C@H](C)c2ccc(C)c(C)c2)S(C)(=O)=O)c1. The number of anilines is 1. The summed E-state index contributed by atoms with van der Waals surface area (Å²) in [5.74, 6) is -0.336. The van der Waals surface area contributed by atoms with Crippen molar-refractivity contribution in [1.29, 1.82) is 0 Å². The van der Waals surface area contributed by atoms with Crippen LogP contribution in [-0.2, 0) is 14.8 Å². The molecule has 2 rings (SSSR count). The Morgan fingerprint density at radius 2 is 1.54 bits per heavy atom. The summed E-state index contributed by atoms with van der Waals surface area (Å²) >= 11 is 0. The average Bonchev–Trinajstić information content (AvgIpc) is 2.59. The van der Waals surface area contributed by atoms with Crippen molar-refractivity contribution in [3.63, 3.8) is 0 Å². The van der Waals surface area contributed by atoms with Gasteiger partial charge in [0.15, 0.2) is 0 Å². The van der Waals surface area contributed by atoms with Crippen LogP contribution in [0.15, 0.2) is 36.4 Å². The van der Waals surface area contributed by atoms with Gasteiger partial charge in [0.2, 0.25) is 15.9 Å². The van der Waals surface area contributed by atoms with E-state index in [1.165, 1.54) is 9.87 Å². The van der Waals surface area contributed by atoms with E-state index in [4.69, 9.17) is 0 Å². The molecule has 0 spiro atoms. The van der Waals surface area contributed by atoms with Gasteiger partial charge in [-0.05, 0) is 75.4 Å². The highest BCUT2D eigenvalue weighted by Gasteiger charge is 2.30. The summed E-state index contributed by atoms with van der Waals surface area (Å²) in [6.45, 7) is 11.3. The summed E-state index contributed by atoms with van der Waals surface area (Å²) in [5.41, 5.74) is 5.60. The summed E-state index contributed by atoms with van der Waals surface area (Å²) in [5, 5.41) is 2.95. The Morgan fingerprint density at radius 1 is 0.929 bits per heavy atom. The molecule has 152 valence electrons. The lowest BCUT2D eigenvalue weighted by Crippen LogP contribution is -2.48. The summed E-state index contributed by atoms with van der Waals surface area (Å²) < 4.78 is 26.3. The molecule has 0 fully saturated rings. The minimum Gasteiger partial charge on any atom is -0.348 e. The molecule has 0 aromatic heterocycles. The minimum atomic E-state index is -3.64. The second-order valence-corrected chi connectivity index (χ2v) is 9.46. The number of amides is 1. The maximum Gasteiger partial charge on any atom is 0.244 e. The molecule has 28 heavy (non-hydrogen) atoms. The maximum absolute atomic E-state index is 12.9. The van der Waals surface area contributed by atoms with Crippen LogP contribution in [0.4, 0.5) is 5.69 Å². The van der Waals surface area contributed by atoms with Gasteiger partial charge in [-0.15, -0.1) is 0 Å². The fourth-order valence-corrected chi connectivity index (χ4v) is 4.41. The van der Waals surface area contributed by atoms with E-state index in [9.17, 15) is 13.2 Å². The predicted molar refractivity (Wildman–Crippen MR) is 115 cm³/mol. The van der Waals surface area contributed by atoms with Gasteiger partial charge in [0.05, 0.1) is 18.0 Å². The van der Waals surface area contributed by atoms with E-state index >= 15 is 0 Å². The quantitative estimate of drug-likeness (QED) is 0.795. The first-order valence-electron chi connectivity index (χ1n) is 9.36. The van der Waals surface area contributed by atoms with Crippen LogP contribution in [0.25, 0.3) is 0 Å². The Bertz CT molecular complexity index is 983. The third-order valence-corrected chi connectivity index (χ3v) is 6.31. The fraction of sp³-hybridized carbons (Fsp3) is 0.409. The van der Waals surface area contributed by atoms with Gasteiger partial charge in [-0.3, -0.25) is 9.10 Å². The lowest BCUT2D eigenvalue weighted by atomic mass is 10.0. The van der Waals surface area contributed by atoms with Crippen molar-refractivity contribution in [1.82, 2.24) is 5.32 Å². The normalized spacial score (nSPS) is 13.7. The monoisotopic (exact) mass is 402 g/mol. The minimum absolute atomic E-state index is 0.228. The third kappa shape index (κ3) is 4.93. The summed E-state index contributed by atoms with van der Waals surface area (Å²) in [7, 11) is -3.64. The topological polar surface area (TPSA) is 66.5 Å². The first-order valence-corrected chi connectivity index (χ1v) is 11.2.